The number of nitrogens with zero attached hydrogens (tertiary/aromatic N) is 2. The summed E-state index contributed by atoms with van der Waals surface area (Å²) in [6.07, 6.45) is 3.77. The van der Waals surface area contributed by atoms with Crippen LogP contribution in [-0.2, 0) is 4.79 Å². The summed E-state index contributed by atoms with van der Waals surface area (Å²) in [5.74, 6) is 0.671. The summed E-state index contributed by atoms with van der Waals surface area (Å²) in [6.45, 7) is 2.86. The van der Waals surface area contributed by atoms with Crippen LogP contribution in [-0.4, -0.2) is 65.5 Å². The number of carbonyl (C=O) groups excluding carboxylic acids is 2. The van der Waals surface area contributed by atoms with Crippen LogP contribution in [0.1, 0.15) is 48.8 Å². The quantitative estimate of drug-likeness (QED) is 0.487. The highest BCUT2D eigenvalue weighted by atomic mass is 16.2. The molecule has 1 saturated carbocycles. The number of pyridine rings is 1. The predicted molar refractivity (Wildman–Crippen MR) is 147 cm³/mol. The topological polar surface area (TPSA) is 97.5 Å². The van der Waals surface area contributed by atoms with E-state index >= 15 is 0 Å². The molecule has 1 aromatic heterocycles. The zero-order valence-corrected chi connectivity index (χ0v) is 21.6. The summed E-state index contributed by atoms with van der Waals surface area (Å²) < 4.78 is 0. The average Bonchev–Trinajstić information content (AvgIpc) is 3.79. The summed E-state index contributed by atoms with van der Waals surface area (Å²) in [5.41, 5.74) is 2.73. The van der Waals surface area contributed by atoms with Crippen molar-refractivity contribution in [3.63, 3.8) is 0 Å². The summed E-state index contributed by atoms with van der Waals surface area (Å²) in [5, 5.41) is 7.57. The third kappa shape index (κ3) is 5.31. The minimum absolute atomic E-state index is 0.00577. The number of piperidine rings is 1. The lowest BCUT2D eigenvalue weighted by molar-refractivity contribution is -0.132. The van der Waals surface area contributed by atoms with Crippen LogP contribution in [0.25, 0.3) is 10.9 Å². The van der Waals surface area contributed by atoms with Crippen molar-refractivity contribution in [2.75, 3.05) is 32.7 Å². The molecule has 198 valence electrons. The van der Waals surface area contributed by atoms with Gasteiger partial charge in [0.15, 0.2) is 0 Å². The molecule has 0 bridgehead atoms. The normalized spacial score (nSPS) is 22.9. The van der Waals surface area contributed by atoms with Crippen LogP contribution in [0.2, 0.25) is 0 Å². The number of rotatable bonds is 5. The number of benzene rings is 2. The SMILES string of the molecule is O=C(N[C@@H]1CN[C@@H](c2ccccc2)CN(CC2CC2)C1=O)N1CCC(c2cc3ccccc3[nH]c2=O)CC1. The first-order valence-corrected chi connectivity index (χ1v) is 13.8. The molecule has 2 saturated heterocycles. The van der Waals surface area contributed by atoms with E-state index in [0.29, 0.717) is 32.1 Å². The standard InChI is InChI=1S/C30H35N5O3/c36-28-24(16-23-8-4-5-9-25(23)32-28)21-12-14-34(15-13-21)30(38)33-26-17-31-27(22-6-2-1-3-7-22)19-35(29(26)37)18-20-10-11-20/h1-9,16,20-21,26-27,31H,10-15,17-19H2,(H,32,36)(H,33,38)/t26-,27-/m1/s1. The molecule has 2 aromatic carbocycles. The van der Waals surface area contributed by atoms with Crippen molar-refractivity contribution in [1.82, 2.24) is 25.4 Å². The minimum atomic E-state index is -0.601. The van der Waals surface area contributed by atoms with E-state index < -0.39 is 6.04 Å². The fourth-order valence-electron chi connectivity index (χ4n) is 5.84. The summed E-state index contributed by atoms with van der Waals surface area (Å²) in [4.78, 5) is 46.2. The van der Waals surface area contributed by atoms with E-state index in [9.17, 15) is 14.4 Å². The number of amides is 3. The molecule has 38 heavy (non-hydrogen) atoms. The monoisotopic (exact) mass is 513 g/mol. The van der Waals surface area contributed by atoms with Crippen molar-refractivity contribution in [2.45, 2.75) is 43.7 Å². The Kier molecular flexibility index (Phi) is 6.89. The van der Waals surface area contributed by atoms with E-state index in [1.165, 1.54) is 12.8 Å². The Morgan fingerprint density at radius 2 is 1.68 bits per heavy atom. The number of aromatic amines is 1. The van der Waals surface area contributed by atoms with Crippen molar-refractivity contribution < 1.29 is 9.59 Å². The molecule has 1 aliphatic carbocycles. The molecule has 3 aliphatic rings. The molecule has 0 radical (unpaired) electrons. The number of para-hydroxylation sites is 1. The number of H-pyrrole nitrogens is 1. The Bertz CT molecular complexity index is 1360. The molecular weight excluding hydrogens is 478 g/mol. The van der Waals surface area contributed by atoms with Crippen molar-refractivity contribution >= 4 is 22.8 Å². The van der Waals surface area contributed by atoms with Gasteiger partial charge in [0, 0.05) is 49.8 Å². The van der Waals surface area contributed by atoms with Crippen LogP contribution in [0, 0.1) is 5.92 Å². The molecule has 2 atom stereocenters. The number of aromatic nitrogens is 1. The van der Waals surface area contributed by atoms with Gasteiger partial charge in [-0.3, -0.25) is 9.59 Å². The molecule has 0 spiro atoms. The molecule has 2 aliphatic heterocycles. The second kappa shape index (κ2) is 10.6. The smallest absolute Gasteiger partial charge is 0.318 e. The van der Waals surface area contributed by atoms with Crippen LogP contribution in [0.3, 0.4) is 0 Å². The van der Waals surface area contributed by atoms with E-state index in [-0.39, 0.29) is 29.5 Å². The van der Waals surface area contributed by atoms with Crippen LogP contribution >= 0.6 is 0 Å². The van der Waals surface area contributed by atoms with Crippen LogP contribution < -0.4 is 16.2 Å². The molecule has 8 heteroatoms. The summed E-state index contributed by atoms with van der Waals surface area (Å²) in [7, 11) is 0. The third-order valence-electron chi connectivity index (χ3n) is 8.26. The number of likely N-dealkylation sites (tertiary alicyclic amines) is 1. The second-order valence-corrected chi connectivity index (χ2v) is 11.0. The Morgan fingerprint density at radius 1 is 0.947 bits per heavy atom. The first-order chi connectivity index (χ1) is 18.5. The predicted octanol–water partition coefficient (Wildman–Crippen LogP) is 3.37. The van der Waals surface area contributed by atoms with Gasteiger partial charge in [-0.1, -0.05) is 48.5 Å². The minimum Gasteiger partial charge on any atom is -0.339 e. The van der Waals surface area contributed by atoms with Gasteiger partial charge in [-0.05, 0) is 60.6 Å². The van der Waals surface area contributed by atoms with E-state index in [1.54, 1.807) is 4.90 Å². The maximum Gasteiger partial charge on any atom is 0.318 e. The number of hydrogen-bond donors (Lipinski definition) is 3. The fraction of sp³-hybridized carbons (Fsp3) is 0.433. The first-order valence-electron chi connectivity index (χ1n) is 13.8. The lowest BCUT2D eigenvalue weighted by Crippen LogP contribution is -2.55. The molecule has 3 N–H and O–H groups in total. The van der Waals surface area contributed by atoms with Gasteiger partial charge in [0.2, 0.25) is 5.91 Å². The molecule has 3 fully saturated rings. The van der Waals surface area contributed by atoms with Gasteiger partial charge in [-0.2, -0.15) is 0 Å². The van der Waals surface area contributed by atoms with E-state index in [1.807, 2.05) is 53.4 Å². The van der Waals surface area contributed by atoms with Gasteiger partial charge in [0.1, 0.15) is 6.04 Å². The van der Waals surface area contributed by atoms with E-state index in [2.05, 4.69) is 27.8 Å². The van der Waals surface area contributed by atoms with E-state index in [0.717, 1.165) is 41.4 Å². The Labute approximate surface area is 222 Å². The van der Waals surface area contributed by atoms with Crippen LogP contribution in [0.4, 0.5) is 4.79 Å². The fourth-order valence-corrected chi connectivity index (χ4v) is 5.84. The summed E-state index contributed by atoms with van der Waals surface area (Å²) in [6, 6.07) is 19.2. The van der Waals surface area contributed by atoms with Crippen molar-refractivity contribution in [3.05, 3.63) is 82.1 Å². The van der Waals surface area contributed by atoms with Crippen LogP contribution in [0.15, 0.2) is 65.5 Å². The summed E-state index contributed by atoms with van der Waals surface area (Å²) >= 11 is 0. The third-order valence-corrected chi connectivity index (χ3v) is 8.26. The number of hydrogen-bond acceptors (Lipinski definition) is 4. The molecular formula is C30H35N5O3. The highest BCUT2D eigenvalue weighted by Gasteiger charge is 2.36. The van der Waals surface area contributed by atoms with Gasteiger partial charge in [-0.15, -0.1) is 0 Å². The Hall–Kier alpha value is -3.65. The zero-order valence-electron chi connectivity index (χ0n) is 21.6. The molecule has 3 heterocycles. The molecule has 3 amide bonds. The largest absolute Gasteiger partial charge is 0.339 e. The van der Waals surface area contributed by atoms with E-state index in [4.69, 9.17) is 0 Å². The number of nitrogens with one attached hydrogen (secondary N) is 3. The van der Waals surface area contributed by atoms with Gasteiger partial charge in [-0.25, -0.2) is 4.79 Å². The van der Waals surface area contributed by atoms with Crippen LogP contribution in [0.5, 0.6) is 0 Å². The molecule has 8 nitrogen and oxygen atoms in total. The zero-order chi connectivity index (χ0) is 26.1. The van der Waals surface area contributed by atoms with Gasteiger partial charge in [0.05, 0.1) is 0 Å². The van der Waals surface area contributed by atoms with Crippen molar-refractivity contribution in [2.24, 2.45) is 5.92 Å². The Morgan fingerprint density at radius 3 is 2.45 bits per heavy atom. The maximum atomic E-state index is 13.5. The van der Waals surface area contributed by atoms with Crippen molar-refractivity contribution in [1.29, 1.82) is 0 Å². The highest BCUT2D eigenvalue weighted by molar-refractivity contribution is 5.88. The van der Waals surface area contributed by atoms with Crippen molar-refractivity contribution in [3.8, 4) is 0 Å². The molecule has 3 aromatic rings. The second-order valence-electron chi connectivity index (χ2n) is 11.0. The number of urea groups is 1. The lowest BCUT2D eigenvalue weighted by atomic mass is 9.89. The first kappa shape index (κ1) is 24.7. The average molecular weight is 514 g/mol. The Balaban J connectivity index is 1.10. The maximum absolute atomic E-state index is 13.5. The van der Waals surface area contributed by atoms with Gasteiger partial charge < -0.3 is 25.4 Å². The lowest BCUT2D eigenvalue weighted by Gasteiger charge is -2.33. The van der Waals surface area contributed by atoms with Gasteiger partial charge >= 0.3 is 6.03 Å². The molecule has 6 rings (SSSR count). The molecule has 0 unspecified atom stereocenters. The number of carbonyl (C=O) groups is 2. The van der Waals surface area contributed by atoms with Gasteiger partial charge in [0.25, 0.3) is 5.56 Å². The highest BCUT2D eigenvalue weighted by Crippen LogP contribution is 2.31. The number of fused-ring (bicyclic) bond motifs is 1.